The zero-order chi connectivity index (χ0) is 27.7. The molecule has 0 aliphatic carbocycles. The largest absolute Gasteiger partial charge is 0.356 e. The molecular weight excluding hydrogens is 478 g/mol. The van der Waals surface area contributed by atoms with E-state index in [4.69, 9.17) is 0 Å². The maximum absolute atomic E-state index is 12.3. The normalized spacial score (nSPS) is 11.5. The molecule has 0 aromatic heterocycles. The van der Waals surface area contributed by atoms with E-state index < -0.39 is 36.2 Å². The van der Waals surface area contributed by atoms with Gasteiger partial charge in [0.1, 0.15) is 12.3 Å². The number of hydrogen-bond acceptors (Lipinski definition) is 6. The third-order valence-corrected chi connectivity index (χ3v) is 6.15. The van der Waals surface area contributed by atoms with Crippen molar-refractivity contribution in [3.8, 4) is 0 Å². The van der Waals surface area contributed by atoms with Crippen molar-refractivity contribution in [1.82, 2.24) is 26.6 Å². The maximum atomic E-state index is 12.3. The minimum absolute atomic E-state index is 0.0194. The van der Waals surface area contributed by atoms with Crippen molar-refractivity contribution < 1.29 is 28.8 Å². The summed E-state index contributed by atoms with van der Waals surface area (Å²) in [6.07, 6.45) is 2.91. The molecule has 0 bridgehead atoms. The van der Waals surface area contributed by atoms with Crippen molar-refractivity contribution >= 4 is 35.8 Å². The minimum atomic E-state index is -0.936. The minimum Gasteiger partial charge on any atom is -0.356 e. The summed E-state index contributed by atoms with van der Waals surface area (Å²) in [5, 5.41) is 12.5. The second-order valence-corrected chi connectivity index (χ2v) is 9.07. The van der Waals surface area contributed by atoms with Gasteiger partial charge in [-0.25, -0.2) is 0 Å². The molecule has 1 aromatic carbocycles. The lowest BCUT2D eigenvalue weighted by Gasteiger charge is -2.25. The van der Waals surface area contributed by atoms with Gasteiger partial charge in [-0.05, 0) is 11.0 Å². The van der Waals surface area contributed by atoms with E-state index in [-0.39, 0.29) is 43.8 Å². The molecule has 0 radical (unpaired) electrons. The zero-order valence-electron chi connectivity index (χ0n) is 21.9. The van der Waals surface area contributed by atoms with Gasteiger partial charge in [-0.2, -0.15) is 0 Å². The first-order valence-electron chi connectivity index (χ1n) is 12.5. The van der Waals surface area contributed by atoms with Crippen LogP contribution in [-0.2, 0) is 35.2 Å². The van der Waals surface area contributed by atoms with Crippen molar-refractivity contribution in [3.05, 3.63) is 35.9 Å². The van der Waals surface area contributed by atoms with E-state index in [9.17, 15) is 28.8 Å². The highest BCUT2D eigenvalue weighted by Gasteiger charge is 2.23. The van der Waals surface area contributed by atoms with Crippen LogP contribution in [0.2, 0.25) is 0 Å². The Morgan fingerprint density at radius 2 is 1.46 bits per heavy atom. The van der Waals surface area contributed by atoms with Crippen LogP contribution in [-0.4, -0.2) is 68.0 Å². The number of carbonyl (C=O) groups is 6. The first-order valence-corrected chi connectivity index (χ1v) is 12.5. The fourth-order valence-electron chi connectivity index (χ4n) is 3.34. The molecule has 0 saturated carbocycles. The number of amides is 5. The molecule has 0 aliphatic rings. The summed E-state index contributed by atoms with van der Waals surface area (Å²) in [5.74, 6) is -2.24. The van der Waals surface area contributed by atoms with E-state index in [1.54, 1.807) is 24.3 Å². The summed E-state index contributed by atoms with van der Waals surface area (Å²) < 4.78 is 0. The van der Waals surface area contributed by atoms with E-state index >= 15 is 0 Å². The van der Waals surface area contributed by atoms with Gasteiger partial charge in [-0.1, -0.05) is 63.9 Å². The van der Waals surface area contributed by atoms with E-state index in [0.29, 0.717) is 12.7 Å². The Morgan fingerprint density at radius 3 is 2.08 bits per heavy atom. The summed E-state index contributed by atoms with van der Waals surface area (Å²) in [4.78, 5) is 71.2. The number of benzene rings is 1. The first-order chi connectivity index (χ1) is 17.6. The average molecular weight is 518 g/mol. The Balaban J connectivity index is 2.38. The topological polar surface area (TPSA) is 163 Å². The van der Waals surface area contributed by atoms with Crippen LogP contribution in [0.25, 0.3) is 0 Å². The van der Waals surface area contributed by atoms with Gasteiger partial charge in [-0.15, -0.1) is 0 Å². The Morgan fingerprint density at radius 1 is 0.838 bits per heavy atom. The fourth-order valence-corrected chi connectivity index (χ4v) is 3.34. The Labute approximate surface area is 217 Å². The zero-order valence-corrected chi connectivity index (χ0v) is 21.9. The lowest BCUT2D eigenvalue weighted by Crippen LogP contribution is -2.51. The monoisotopic (exact) mass is 517 g/mol. The van der Waals surface area contributed by atoms with Crippen molar-refractivity contribution in [2.75, 3.05) is 26.2 Å². The standard InChI is InChI=1S/C26H39N5O6/c1-4-26(3,5-2)16-22(34)27-12-11-21(33)29-17-23(35)30-18-24(36)31-20(25(37)28-13-14-32)15-19-9-7-6-8-10-19/h6-10,14,20H,4-5,11-13,15-18H2,1-3H3,(H,27,34)(H,28,37)(H,29,33)(H,30,35)(H,31,36)/t20-/m0/s1. The molecule has 0 unspecified atom stereocenters. The maximum Gasteiger partial charge on any atom is 0.243 e. The highest BCUT2D eigenvalue weighted by molar-refractivity contribution is 5.91. The number of aldehydes is 1. The van der Waals surface area contributed by atoms with Crippen LogP contribution in [0.15, 0.2) is 30.3 Å². The average Bonchev–Trinajstić information content (AvgIpc) is 2.89. The summed E-state index contributed by atoms with van der Waals surface area (Å²) in [5.41, 5.74) is 0.735. The van der Waals surface area contributed by atoms with Crippen LogP contribution >= 0.6 is 0 Å². The Bertz CT molecular complexity index is 917. The predicted octanol–water partition coefficient (Wildman–Crippen LogP) is -0.0159. The molecule has 1 rings (SSSR count). The van der Waals surface area contributed by atoms with E-state index in [1.165, 1.54) is 0 Å². The van der Waals surface area contributed by atoms with Gasteiger partial charge in [0.2, 0.25) is 29.5 Å². The second kappa shape index (κ2) is 16.8. The smallest absolute Gasteiger partial charge is 0.243 e. The van der Waals surface area contributed by atoms with Crippen LogP contribution in [0.5, 0.6) is 0 Å². The number of hydrogen-bond donors (Lipinski definition) is 5. The Hall–Kier alpha value is -3.76. The molecule has 1 atom stereocenters. The SMILES string of the molecule is CCC(C)(CC)CC(=O)NCCC(=O)NCC(=O)NCC(=O)N[C@@H](Cc1ccccc1)C(=O)NCC=O. The molecule has 37 heavy (non-hydrogen) atoms. The van der Waals surface area contributed by atoms with Gasteiger partial charge >= 0.3 is 0 Å². The summed E-state index contributed by atoms with van der Waals surface area (Å²) in [6.45, 7) is 5.36. The van der Waals surface area contributed by atoms with Crippen LogP contribution in [0, 0.1) is 5.41 Å². The van der Waals surface area contributed by atoms with Crippen LogP contribution in [0.1, 0.15) is 52.0 Å². The second-order valence-electron chi connectivity index (χ2n) is 9.07. The molecule has 0 spiro atoms. The van der Waals surface area contributed by atoms with Crippen molar-refractivity contribution in [2.24, 2.45) is 5.41 Å². The summed E-state index contributed by atoms with van der Waals surface area (Å²) in [6, 6.07) is 8.09. The molecule has 0 saturated heterocycles. The van der Waals surface area contributed by atoms with E-state index in [0.717, 1.165) is 18.4 Å². The molecule has 11 nitrogen and oxygen atoms in total. The molecule has 0 fully saturated rings. The van der Waals surface area contributed by atoms with Crippen LogP contribution in [0.4, 0.5) is 0 Å². The molecule has 5 amide bonds. The molecule has 204 valence electrons. The summed E-state index contributed by atoms with van der Waals surface area (Å²) in [7, 11) is 0. The van der Waals surface area contributed by atoms with Crippen LogP contribution in [0.3, 0.4) is 0 Å². The third-order valence-electron chi connectivity index (χ3n) is 6.15. The fraction of sp³-hybridized carbons (Fsp3) is 0.538. The molecule has 5 N–H and O–H groups in total. The van der Waals surface area contributed by atoms with Gasteiger partial charge in [0.15, 0.2) is 0 Å². The quantitative estimate of drug-likeness (QED) is 0.182. The highest BCUT2D eigenvalue weighted by Crippen LogP contribution is 2.29. The first kappa shape index (κ1) is 31.3. The third kappa shape index (κ3) is 13.2. The number of carbonyl (C=O) groups excluding carboxylic acids is 6. The molecule has 0 heterocycles. The van der Waals surface area contributed by atoms with Gasteiger partial charge in [-0.3, -0.25) is 24.0 Å². The number of rotatable bonds is 17. The highest BCUT2D eigenvalue weighted by atomic mass is 16.2. The van der Waals surface area contributed by atoms with Gasteiger partial charge < -0.3 is 31.4 Å². The molecular formula is C26H39N5O6. The molecule has 0 aliphatic heterocycles. The van der Waals surface area contributed by atoms with Gasteiger partial charge in [0, 0.05) is 25.8 Å². The van der Waals surface area contributed by atoms with Crippen molar-refractivity contribution in [1.29, 1.82) is 0 Å². The Kier molecular flexibility index (Phi) is 14.2. The van der Waals surface area contributed by atoms with Gasteiger partial charge in [0.25, 0.3) is 0 Å². The molecule has 1 aromatic rings. The molecule has 11 heteroatoms. The van der Waals surface area contributed by atoms with E-state index in [1.807, 2.05) is 26.8 Å². The van der Waals surface area contributed by atoms with Crippen LogP contribution < -0.4 is 26.6 Å². The van der Waals surface area contributed by atoms with Crippen molar-refractivity contribution in [2.45, 2.75) is 58.9 Å². The summed E-state index contributed by atoms with van der Waals surface area (Å²) >= 11 is 0. The predicted molar refractivity (Wildman–Crippen MR) is 138 cm³/mol. The lowest BCUT2D eigenvalue weighted by atomic mass is 9.81. The van der Waals surface area contributed by atoms with E-state index in [2.05, 4.69) is 26.6 Å². The lowest BCUT2D eigenvalue weighted by molar-refractivity contribution is -0.130. The van der Waals surface area contributed by atoms with Crippen molar-refractivity contribution in [3.63, 3.8) is 0 Å². The van der Waals surface area contributed by atoms with Gasteiger partial charge in [0.05, 0.1) is 19.6 Å². The number of nitrogens with one attached hydrogen (secondary N) is 5.